The van der Waals surface area contributed by atoms with E-state index in [2.05, 4.69) is 9.97 Å². The molecule has 0 aliphatic carbocycles. The van der Waals surface area contributed by atoms with Gasteiger partial charge in [0.2, 0.25) is 5.82 Å². The highest BCUT2D eigenvalue weighted by Gasteiger charge is 2.32. The molecule has 21 heavy (non-hydrogen) atoms. The second-order valence-corrected chi connectivity index (χ2v) is 5.32. The second-order valence-electron chi connectivity index (χ2n) is 4.89. The summed E-state index contributed by atoms with van der Waals surface area (Å²) < 4.78 is 0. The maximum Gasteiger partial charge on any atom is 0.313 e. The zero-order valence-corrected chi connectivity index (χ0v) is 11.9. The van der Waals surface area contributed by atoms with Gasteiger partial charge in [-0.05, 0) is 30.5 Å². The summed E-state index contributed by atoms with van der Waals surface area (Å²) in [5.74, 6) is 0.378. The largest absolute Gasteiger partial charge is 0.344 e. The first-order chi connectivity index (χ1) is 10.2. The van der Waals surface area contributed by atoms with Gasteiger partial charge in [-0.15, -0.1) is 0 Å². The zero-order valence-electron chi connectivity index (χ0n) is 11.1. The summed E-state index contributed by atoms with van der Waals surface area (Å²) >= 11 is 5.83. The van der Waals surface area contributed by atoms with Crippen LogP contribution in [0.5, 0.6) is 0 Å². The van der Waals surface area contributed by atoms with Crippen molar-refractivity contribution in [3.05, 3.63) is 57.5 Å². The molecule has 1 aliphatic rings. The normalized spacial score (nSPS) is 18.0. The van der Waals surface area contributed by atoms with E-state index in [1.54, 1.807) is 12.4 Å². The van der Waals surface area contributed by atoms with Crippen LogP contribution in [0.4, 0.5) is 11.5 Å². The monoisotopic (exact) mass is 304 g/mol. The van der Waals surface area contributed by atoms with E-state index < -0.39 is 4.92 Å². The lowest BCUT2D eigenvalue weighted by Gasteiger charge is -2.25. The number of nitro groups is 1. The van der Waals surface area contributed by atoms with Crippen molar-refractivity contribution in [2.24, 2.45) is 0 Å². The van der Waals surface area contributed by atoms with Crippen molar-refractivity contribution in [2.75, 3.05) is 11.4 Å². The predicted octanol–water partition coefficient (Wildman–Crippen LogP) is 3.38. The molecule has 1 aliphatic heterocycles. The average molecular weight is 305 g/mol. The minimum atomic E-state index is -0.434. The van der Waals surface area contributed by atoms with E-state index in [1.807, 2.05) is 17.0 Å². The molecule has 1 saturated heterocycles. The number of hydrogen-bond donors (Lipinski definition) is 0. The first kappa shape index (κ1) is 13.8. The molecule has 0 spiro atoms. The van der Waals surface area contributed by atoms with Gasteiger partial charge < -0.3 is 4.90 Å². The summed E-state index contributed by atoms with van der Waals surface area (Å²) in [7, 11) is 0. The molecule has 1 fully saturated rings. The molecule has 3 rings (SSSR count). The summed E-state index contributed by atoms with van der Waals surface area (Å²) in [6.07, 6.45) is 6.82. The molecule has 0 bridgehead atoms. The third-order valence-electron chi connectivity index (χ3n) is 3.63. The fourth-order valence-electron chi connectivity index (χ4n) is 2.73. The quantitative estimate of drug-likeness (QED) is 0.642. The van der Waals surface area contributed by atoms with Crippen molar-refractivity contribution in [3.8, 4) is 0 Å². The lowest BCUT2D eigenvalue weighted by molar-refractivity contribution is -0.384. The SMILES string of the molecule is O=[N+]([O-])c1cc(Cl)cnc1N1CCCC1c1ccncc1. The molecule has 7 heteroatoms. The fraction of sp³-hybridized carbons (Fsp3) is 0.286. The van der Waals surface area contributed by atoms with Gasteiger partial charge in [0.05, 0.1) is 16.0 Å². The topological polar surface area (TPSA) is 72.2 Å². The van der Waals surface area contributed by atoms with E-state index in [0.29, 0.717) is 5.82 Å². The number of anilines is 1. The van der Waals surface area contributed by atoms with Crippen molar-refractivity contribution >= 4 is 23.1 Å². The van der Waals surface area contributed by atoms with Gasteiger partial charge in [0.15, 0.2) is 0 Å². The Balaban J connectivity index is 2.01. The number of halogens is 1. The van der Waals surface area contributed by atoms with Gasteiger partial charge in [-0.1, -0.05) is 11.6 Å². The molecule has 2 aromatic heterocycles. The molecule has 0 amide bonds. The Morgan fingerprint density at radius 3 is 2.86 bits per heavy atom. The van der Waals surface area contributed by atoms with Gasteiger partial charge in [0, 0.05) is 31.2 Å². The van der Waals surface area contributed by atoms with Gasteiger partial charge in [0.25, 0.3) is 0 Å². The van der Waals surface area contributed by atoms with Crippen LogP contribution in [0, 0.1) is 10.1 Å². The van der Waals surface area contributed by atoms with Gasteiger partial charge in [-0.25, -0.2) is 4.98 Å². The van der Waals surface area contributed by atoms with Crippen LogP contribution in [0.2, 0.25) is 5.02 Å². The van der Waals surface area contributed by atoms with Crippen molar-refractivity contribution in [1.82, 2.24) is 9.97 Å². The smallest absolute Gasteiger partial charge is 0.313 e. The molecule has 0 N–H and O–H groups in total. The van der Waals surface area contributed by atoms with Crippen LogP contribution in [-0.4, -0.2) is 21.4 Å². The molecule has 0 radical (unpaired) electrons. The standard InChI is InChI=1S/C14H13ClN4O2/c15-11-8-13(19(20)21)14(17-9-11)18-7-1-2-12(18)10-3-5-16-6-4-10/h3-6,8-9,12H,1-2,7H2. The van der Waals surface area contributed by atoms with Crippen LogP contribution < -0.4 is 4.90 Å². The summed E-state index contributed by atoms with van der Waals surface area (Å²) in [6, 6.07) is 5.31. The number of pyridine rings is 2. The first-order valence-corrected chi connectivity index (χ1v) is 7.01. The molecule has 6 nitrogen and oxygen atoms in total. The summed E-state index contributed by atoms with van der Waals surface area (Å²) in [5.41, 5.74) is 1.04. The van der Waals surface area contributed by atoms with Crippen molar-refractivity contribution < 1.29 is 4.92 Å². The maximum absolute atomic E-state index is 11.2. The first-order valence-electron chi connectivity index (χ1n) is 6.63. The van der Waals surface area contributed by atoms with Crippen molar-refractivity contribution in [1.29, 1.82) is 0 Å². The third kappa shape index (κ3) is 2.67. The van der Waals surface area contributed by atoms with Gasteiger partial charge >= 0.3 is 5.69 Å². The highest BCUT2D eigenvalue weighted by Crippen LogP contribution is 2.39. The van der Waals surface area contributed by atoms with Crippen LogP contribution >= 0.6 is 11.6 Å². The Bertz CT molecular complexity index is 665. The molecule has 0 saturated carbocycles. The van der Waals surface area contributed by atoms with Crippen LogP contribution in [-0.2, 0) is 0 Å². The molecule has 0 aromatic carbocycles. The molecule has 1 atom stereocenters. The van der Waals surface area contributed by atoms with E-state index in [0.717, 1.165) is 24.9 Å². The van der Waals surface area contributed by atoms with Crippen LogP contribution in [0.15, 0.2) is 36.8 Å². The minimum Gasteiger partial charge on any atom is -0.344 e. The Kier molecular flexibility index (Phi) is 3.70. The van der Waals surface area contributed by atoms with Gasteiger partial charge in [0.1, 0.15) is 0 Å². The number of aromatic nitrogens is 2. The zero-order chi connectivity index (χ0) is 14.8. The highest BCUT2D eigenvalue weighted by atomic mass is 35.5. The Morgan fingerprint density at radius 2 is 2.14 bits per heavy atom. The van der Waals surface area contributed by atoms with Crippen molar-refractivity contribution in [2.45, 2.75) is 18.9 Å². The lowest BCUT2D eigenvalue weighted by Crippen LogP contribution is -2.24. The predicted molar refractivity (Wildman–Crippen MR) is 79.5 cm³/mol. The summed E-state index contributed by atoms with van der Waals surface area (Å²) in [6.45, 7) is 0.739. The van der Waals surface area contributed by atoms with Gasteiger partial charge in [-0.2, -0.15) is 0 Å². The molecular formula is C14H13ClN4O2. The second kappa shape index (κ2) is 5.65. The van der Waals surface area contributed by atoms with Crippen LogP contribution in [0.25, 0.3) is 0 Å². The molecule has 2 aromatic rings. The third-order valence-corrected chi connectivity index (χ3v) is 3.83. The van der Waals surface area contributed by atoms with E-state index in [4.69, 9.17) is 11.6 Å². The maximum atomic E-state index is 11.2. The van der Waals surface area contributed by atoms with E-state index in [-0.39, 0.29) is 16.8 Å². The fourth-order valence-corrected chi connectivity index (χ4v) is 2.88. The Hall–Kier alpha value is -2.21. The molecule has 1 unspecified atom stereocenters. The average Bonchev–Trinajstić information content (AvgIpc) is 2.97. The number of nitrogens with zero attached hydrogens (tertiary/aromatic N) is 4. The van der Waals surface area contributed by atoms with Crippen LogP contribution in [0.1, 0.15) is 24.4 Å². The Morgan fingerprint density at radius 1 is 1.38 bits per heavy atom. The van der Waals surface area contributed by atoms with E-state index in [1.165, 1.54) is 12.3 Å². The Labute approximate surface area is 126 Å². The highest BCUT2D eigenvalue weighted by molar-refractivity contribution is 6.30. The molecular weight excluding hydrogens is 292 g/mol. The lowest BCUT2D eigenvalue weighted by atomic mass is 10.1. The van der Waals surface area contributed by atoms with Crippen LogP contribution in [0.3, 0.4) is 0 Å². The molecule has 3 heterocycles. The van der Waals surface area contributed by atoms with Crippen molar-refractivity contribution in [3.63, 3.8) is 0 Å². The van der Waals surface area contributed by atoms with E-state index >= 15 is 0 Å². The van der Waals surface area contributed by atoms with Gasteiger partial charge in [-0.3, -0.25) is 15.1 Å². The minimum absolute atomic E-state index is 0.0524. The summed E-state index contributed by atoms with van der Waals surface area (Å²) in [4.78, 5) is 21.0. The number of rotatable bonds is 3. The summed E-state index contributed by atoms with van der Waals surface area (Å²) in [5, 5.41) is 11.5. The van der Waals surface area contributed by atoms with E-state index in [9.17, 15) is 10.1 Å². The number of hydrogen-bond acceptors (Lipinski definition) is 5. The molecule has 108 valence electrons.